The van der Waals surface area contributed by atoms with Gasteiger partial charge in [-0.2, -0.15) is 0 Å². The number of ether oxygens (including phenoxy) is 1. The maximum absolute atomic E-state index is 11.4. The number of carbonyl (C=O) groups excluding carboxylic acids is 2. The summed E-state index contributed by atoms with van der Waals surface area (Å²) in [6.07, 6.45) is 3.10. The fourth-order valence-electron chi connectivity index (χ4n) is 2.57. The summed E-state index contributed by atoms with van der Waals surface area (Å²) in [5, 5.41) is 5.26. The Morgan fingerprint density at radius 1 is 1.45 bits per heavy atom. The highest BCUT2D eigenvalue weighted by Gasteiger charge is 2.21. The standard InChI is InChI=1S/C14H19N3O3/c1-16-11-6-2-5-10-9(11)4-3-7-12(10)20-8-13(18)17-14(15)19/h3-4,7,11,16H,2,5-6,8H2,1H3,(H3,15,17,18,19). The van der Waals surface area contributed by atoms with Crippen LogP contribution in [0.25, 0.3) is 0 Å². The quantitative estimate of drug-likeness (QED) is 0.761. The maximum Gasteiger partial charge on any atom is 0.318 e. The summed E-state index contributed by atoms with van der Waals surface area (Å²) in [7, 11) is 1.94. The summed E-state index contributed by atoms with van der Waals surface area (Å²) >= 11 is 0. The lowest BCUT2D eigenvalue weighted by atomic mass is 9.87. The van der Waals surface area contributed by atoms with Crippen molar-refractivity contribution >= 4 is 11.9 Å². The van der Waals surface area contributed by atoms with Gasteiger partial charge in [-0.15, -0.1) is 0 Å². The van der Waals surface area contributed by atoms with Crippen molar-refractivity contribution in [3.8, 4) is 5.75 Å². The Kier molecular flexibility index (Phi) is 4.57. The first kappa shape index (κ1) is 14.3. The fourth-order valence-corrected chi connectivity index (χ4v) is 2.57. The molecule has 1 unspecified atom stereocenters. The maximum atomic E-state index is 11.4. The van der Waals surface area contributed by atoms with Gasteiger partial charge >= 0.3 is 6.03 Å². The monoisotopic (exact) mass is 277 g/mol. The molecule has 6 heteroatoms. The zero-order valence-corrected chi connectivity index (χ0v) is 11.4. The summed E-state index contributed by atoms with van der Waals surface area (Å²) in [6, 6.07) is 5.28. The number of nitrogens with two attached hydrogens (primary N) is 1. The molecule has 0 heterocycles. The molecule has 1 aliphatic carbocycles. The van der Waals surface area contributed by atoms with E-state index in [2.05, 4.69) is 11.4 Å². The number of primary amides is 1. The predicted octanol–water partition coefficient (Wildman–Crippen LogP) is 0.857. The van der Waals surface area contributed by atoms with Crippen molar-refractivity contribution in [1.29, 1.82) is 0 Å². The Morgan fingerprint density at radius 3 is 2.95 bits per heavy atom. The number of hydrogen-bond donors (Lipinski definition) is 3. The first-order valence-corrected chi connectivity index (χ1v) is 6.63. The minimum absolute atomic E-state index is 0.219. The number of urea groups is 1. The number of benzene rings is 1. The van der Waals surface area contributed by atoms with E-state index in [1.54, 1.807) is 0 Å². The molecule has 6 nitrogen and oxygen atoms in total. The Hall–Kier alpha value is -2.08. The third kappa shape index (κ3) is 3.27. The van der Waals surface area contributed by atoms with Crippen LogP contribution in [-0.4, -0.2) is 25.6 Å². The molecule has 0 aromatic heterocycles. The molecule has 2 rings (SSSR count). The van der Waals surface area contributed by atoms with E-state index in [1.165, 1.54) is 5.56 Å². The smallest absolute Gasteiger partial charge is 0.318 e. The number of rotatable bonds is 4. The van der Waals surface area contributed by atoms with E-state index in [0.29, 0.717) is 11.8 Å². The largest absolute Gasteiger partial charge is 0.483 e. The lowest BCUT2D eigenvalue weighted by Crippen LogP contribution is -2.38. The lowest BCUT2D eigenvalue weighted by Gasteiger charge is -2.26. The molecule has 0 spiro atoms. The topological polar surface area (TPSA) is 93.4 Å². The van der Waals surface area contributed by atoms with Crippen LogP contribution in [0.2, 0.25) is 0 Å². The zero-order chi connectivity index (χ0) is 14.5. The molecule has 0 saturated carbocycles. The molecule has 1 atom stereocenters. The molecule has 0 radical (unpaired) electrons. The van der Waals surface area contributed by atoms with E-state index >= 15 is 0 Å². The second-order valence-corrected chi connectivity index (χ2v) is 4.76. The summed E-state index contributed by atoms with van der Waals surface area (Å²) < 4.78 is 5.51. The van der Waals surface area contributed by atoms with E-state index in [-0.39, 0.29) is 6.61 Å². The van der Waals surface area contributed by atoms with E-state index in [0.717, 1.165) is 24.8 Å². The van der Waals surface area contributed by atoms with Crippen molar-refractivity contribution in [3.63, 3.8) is 0 Å². The van der Waals surface area contributed by atoms with Crippen LogP contribution < -0.4 is 21.1 Å². The highest BCUT2D eigenvalue weighted by molar-refractivity contribution is 5.94. The van der Waals surface area contributed by atoms with Gasteiger partial charge in [-0.25, -0.2) is 4.79 Å². The van der Waals surface area contributed by atoms with Crippen LogP contribution in [0.4, 0.5) is 4.79 Å². The van der Waals surface area contributed by atoms with Gasteiger partial charge in [0.25, 0.3) is 5.91 Å². The molecule has 0 bridgehead atoms. The van der Waals surface area contributed by atoms with Crippen molar-refractivity contribution in [2.45, 2.75) is 25.3 Å². The SMILES string of the molecule is CNC1CCCc2c(OCC(=O)NC(N)=O)cccc21. The van der Waals surface area contributed by atoms with Crippen LogP contribution in [0.5, 0.6) is 5.75 Å². The molecule has 20 heavy (non-hydrogen) atoms. The van der Waals surface area contributed by atoms with Gasteiger partial charge in [0.15, 0.2) is 6.61 Å². The molecule has 1 aliphatic rings. The van der Waals surface area contributed by atoms with Crippen LogP contribution in [-0.2, 0) is 11.2 Å². The third-order valence-corrected chi connectivity index (χ3v) is 3.43. The van der Waals surface area contributed by atoms with Crippen LogP contribution >= 0.6 is 0 Å². The number of imide groups is 1. The van der Waals surface area contributed by atoms with Crippen molar-refractivity contribution in [3.05, 3.63) is 29.3 Å². The van der Waals surface area contributed by atoms with Crippen molar-refractivity contribution in [2.24, 2.45) is 5.73 Å². The number of carbonyl (C=O) groups is 2. The summed E-state index contributed by atoms with van der Waals surface area (Å²) in [5.41, 5.74) is 7.22. The van der Waals surface area contributed by atoms with Crippen LogP contribution in [0.15, 0.2) is 18.2 Å². The van der Waals surface area contributed by atoms with Gasteiger partial charge in [-0.1, -0.05) is 12.1 Å². The number of fused-ring (bicyclic) bond motifs is 1. The van der Waals surface area contributed by atoms with Crippen molar-refractivity contribution in [1.82, 2.24) is 10.6 Å². The minimum Gasteiger partial charge on any atom is -0.483 e. The number of hydrogen-bond acceptors (Lipinski definition) is 4. The summed E-state index contributed by atoms with van der Waals surface area (Å²) in [6.45, 7) is -0.219. The molecule has 1 aromatic carbocycles. The summed E-state index contributed by atoms with van der Waals surface area (Å²) in [5.74, 6) is 0.151. The first-order chi connectivity index (χ1) is 9.61. The van der Waals surface area contributed by atoms with Gasteiger partial charge in [0.2, 0.25) is 0 Å². The van der Waals surface area contributed by atoms with Gasteiger partial charge in [0.1, 0.15) is 5.75 Å². The van der Waals surface area contributed by atoms with Crippen LogP contribution in [0.1, 0.15) is 30.0 Å². The zero-order valence-electron chi connectivity index (χ0n) is 11.4. The van der Waals surface area contributed by atoms with E-state index in [9.17, 15) is 9.59 Å². The predicted molar refractivity (Wildman–Crippen MR) is 74.4 cm³/mol. The molecule has 0 fully saturated rings. The second kappa shape index (κ2) is 6.38. The third-order valence-electron chi connectivity index (χ3n) is 3.43. The van der Waals surface area contributed by atoms with Gasteiger partial charge in [0, 0.05) is 6.04 Å². The van der Waals surface area contributed by atoms with Gasteiger partial charge in [-0.05, 0) is 43.5 Å². The Morgan fingerprint density at radius 2 is 2.25 bits per heavy atom. The van der Waals surface area contributed by atoms with Crippen LogP contribution in [0, 0.1) is 0 Å². The Labute approximate surface area is 117 Å². The van der Waals surface area contributed by atoms with Crippen molar-refractivity contribution in [2.75, 3.05) is 13.7 Å². The molecule has 1 aromatic rings. The molecule has 0 saturated heterocycles. The molecule has 4 N–H and O–H groups in total. The molecule has 108 valence electrons. The lowest BCUT2D eigenvalue weighted by molar-refractivity contribution is -0.121. The normalized spacial score (nSPS) is 17.1. The van der Waals surface area contributed by atoms with Crippen LogP contribution in [0.3, 0.4) is 0 Å². The highest BCUT2D eigenvalue weighted by Crippen LogP contribution is 2.34. The molecule has 0 aliphatic heterocycles. The van der Waals surface area contributed by atoms with Gasteiger partial charge in [0.05, 0.1) is 0 Å². The second-order valence-electron chi connectivity index (χ2n) is 4.76. The minimum atomic E-state index is -0.871. The molecule has 3 amide bonds. The number of nitrogens with one attached hydrogen (secondary N) is 2. The van der Waals surface area contributed by atoms with E-state index in [1.807, 2.05) is 24.5 Å². The Balaban J connectivity index is 2.09. The van der Waals surface area contributed by atoms with Crippen molar-refractivity contribution < 1.29 is 14.3 Å². The van der Waals surface area contributed by atoms with Gasteiger partial charge in [-0.3, -0.25) is 10.1 Å². The Bertz CT molecular complexity index is 516. The number of amides is 3. The molecular formula is C14H19N3O3. The van der Waals surface area contributed by atoms with E-state index in [4.69, 9.17) is 10.5 Å². The van der Waals surface area contributed by atoms with E-state index < -0.39 is 11.9 Å². The average Bonchev–Trinajstić information content (AvgIpc) is 2.43. The summed E-state index contributed by atoms with van der Waals surface area (Å²) in [4.78, 5) is 21.9. The first-order valence-electron chi connectivity index (χ1n) is 6.63. The van der Waals surface area contributed by atoms with Gasteiger partial charge < -0.3 is 15.8 Å². The average molecular weight is 277 g/mol. The fraction of sp³-hybridized carbons (Fsp3) is 0.429. The highest BCUT2D eigenvalue weighted by atomic mass is 16.5. The molecular weight excluding hydrogens is 258 g/mol.